The summed E-state index contributed by atoms with van der Waals surface area (Å²) < 4.78 is 38.4. The minimum atomic E-state index is -4.84. The molecule has 1 aromatic carbocycles. The highest BCUT2D eigenvalue weighted by molar-refractivity contribution is 6.07. The van der Waals surface area contributed by atoms with Gasteiger partial charge in [-0.1, -0.05) is 30.3 Å². The molecule has 5 nitrogen and oxygen atoms in total. The fraction of sp³-hybridized carbons (Fsp3) is 0.357. The van der Waals surface area contributed by atoms with Crippen molar-refractivity contribution in [3.8, 4) is 0 Å². The molecule has 1 N–H and O–H groups in total. The van der Waals surface area contributed by atoms with Crippen LogP contribution in [-0.2, 0) is 11.3 Å². The molecular weight excluding hydrogens is 299 g/mol. The molecule has 120 valence electrons. The van der Waals surface area contributed by atoms with Gasteiger partial charge >= 0.3 is 12.2 Å². The normalized spacial score (nSPS) is 12.0. The number of aliphatic imine (C=N–C) groups is 1. The Bertz CT molecular complexity index is 554. The second kappa shape index (κ2) is 7.58. The van der Waals surface area contributed by atoms with Crippen LogP contribution in [0.2, 0.25) is 0 Å². The van der Waals surface area contributed by atoms with Gasteiger partial charge in [0, 0.05) is 20.6 Å². The van der Waals surface area contributed by atoms with Crippen molar-refractivity contribution in [2.45, 2.75) is 19.1 Å². The Morgan fingerprint density at radius 1 is 1.18 bits per heavy atom. The highest BCUT2D eigenvalue weighted by Gasteiger charge is 2.37. The van der Waals surface area contributed by atoms with Gasteiger partial charge in [-0.25, -0.2) is 4.79 Å². The van der Waals surface area contributed by atoms with Crippen LogP contribution in [0.1, 0.15) is 12.0 Å². The lowest BCUT2D eigenvalue weighted by Gasteiger charge is -2.13. The Hall–Kier alpha value is -2.38. The van der Waals surface area contributed by atoms with Crippen LogP contribution in [0.5, 0.6) is 0 Å². The molecule has 3 amide bonds. The van der Waals surface area contributed by atoms with Crippen LogP contribution in [0.25, 0.3) is 0 Å². The number of carbonyl (C=O) groups is 2. The van der Waals surface area contributed by atoms with Crippen molar-refractivity contribution in [3.05, 3.63) is 35.9 Å². The van der Waals surface area contributed by atoms with E-state index in [4.69, 9.17) is 0 Å². The number of amides is 3. The van der Waals surface area contributed by atoms with Crippen molar-refractivity contribution in [2.75, 3.05) is 14.1 Å². The van der Waals surface area contributed by atoms with Crippen LogP contribution in [0.15, 0.2) is 35.3 Å². The van der Waals surface area contributed by atoms with Gasteiger partial charge in [0.05, 0.1) is 6.42 Å². The number of urea groups is 1. The number of nitrogens with one attached hydrogen (secondary N) is 1. The molecule has 0 aliphatic carbocycles. The van der Waals surface area contributed by atoms with E-state index in [1.165, 1.54) is 14.1 Å². The molecule has 0 atom stereocenters. The number of alkyl halides is 3. The zero-order chi connectivity index (χ0) is 16.8. The molecule has 0 unspecified atom stereocenters. The average molecular weight is 315 g/mol. The first-order chi connectivity index (χ1) is 10.2. The fourth-order valence-corrected chi connectivity index (χ4v) is 1.44. The smallest absolute Gasteiger partial charge is 0.348 e. The third-order valence-corrected chi connectivity index (χ3v) is 2.67. The van der Waals surface area contributed by atoms with E-state index in [2.05, 4.69) is 10.3 Å². The summed E-state index contributed by atoms with van der Waals surface area (Å²) in [5.41, 5.74) is -0.694. The molecule has 0 aliphatic heterocycles. The Morgan fingerprint density at radius 3 is 2.27 bits per heavy atom. The first-order valence-electron chi connectivity index (χ1n) is 6.37. The SMILES string of the molecule is CN(C)C(=O)CC(=NC(=O)NCc1ccccc1)C(F)(F)F. The lowest BCUT2D eigenvalue weighted by Crippen LogP contribution is -2.33. The minimum absolute atomic E-state index is 0.0515. The summed E-state index contributed by atoms with van der Waals surface area (Å²) in [7, 11) is 2.65. The molecule has 0 heterocycles. The second-order valence-electron chi connectivity index (χ2n) is 4.67. The summed E-state index contributed by atoms with van der Waals surface area (Å²) in [6.07, 6.45) is -5.81. The van der Waals surface area contributed by atoms with Crippen molar-refractivity contribution in [1.29, 1.82) is 0 Å². The summed E-state index contributed by atoms with van der Waals surface area (Å²) in [4.78, 5) is 26.9. The maximum absolute atomic E-state index is 12.8. The number of benzene rings is 1. The van der Waals surface area contributed by atoms with Crippen molar-refractivity contribution in [2.24, 2.45) is 4.99 Å². The Labute approximate surface area is 125 Å². The van der Waals surface area contributed by atoms with E-state index in [0.29, 0.717) is 0 Å². The molecule has 8 heteroatoms. The minimum Gasteiger partial charge on any atom is -0.348 e. The van der Waals surface area contributed by atoms with Crippen molar-refractivity contribution in [3.63, 3.8) is 0 Å². The molecule has 0 bridgehead atoms. The molecule has 1 rings (SSSR count). The molecule has 0 fully saturated rings. The monoisotopic (exact) mass is 315 g/mol. The van der Waals surface area contributed by atoms with E-state index >= 15 is 0 Å². The lowest BCUT2D eigenvalue weighted by molar-refractivity contribution is -0.128. The van der Waals surface area contributed by atoms with Crippen molar-refractivity contribution in [1.82, 2.24) is 10.2 Å². The van der Waals surface area contributed by atoms with E-state index in [1.54, 1.807) is 30.3 Å². The third-order valence-electron chi connectivity index (χ3n) is 2.67. The van der Waals surface area contributed by atoms with Gasteiger partial charge in [0.15, 0.2) is 0 Å². The largest absolute Gasteiger partial charge is 0.430 e. The number of hydrogen-bond acceptors (Lipinski definition) is 2. The van der Waals surface area contributed by atoms with Crippen LogP contribution >= 0.6 is 0 Å². The molecule has 1 aromatic rings. The number of nitrogens with zero attached hydrogens (tertiary/aromatic N) is 2. The molecule has 22 heavy (non-hydrogen) atoms. The van der Waals surface area contributed by atoms with Gasteiger partial charge < -0.3 is 10.2 Å². The number of rotatable bonds is 4. The molecule has 0 spiro atoms. The predicted molar refractivity (Wildman–Crippen MR) is 75.5 cm³/mol. The van der Waals surface area contributed by atoms with Gasteiger partial charge in [-0.05, 0) is 5.56 Å². The molecule has 0 radical (unpaired) electrons. The highest BCUT2D eigenvalue weighted by Crippen LogP contribution is 2.20. The van der Waals surface area contributed by atoms with Crippen molar-refractivity contribution < 1.29 is 22.8 Å². The predicted octanol–water partition coefficient (Wildman–Crippen LogP) is 2.38. The van der Waals surface area contributed by atoms with Gasteiger partial charge in [0.25, 0.3) is 0 Å². The van der Waals surface area contributed by atoms with Crippen LogP contribution in [0.3, 0.4) is 0 Å². The highest BCUT2D eigenvalue weighted by atomic mass is 19.4. The van der Waals surface area contributed by atoms with E-state index in [1.807, 2.05) is 0 Å². The van der Waals surface area contributed by atoms with E-state index < -0.39 is 30.2 Å². The van der Waals surface area contributed by atoms with Gasteiger partial charge in [-0.2, -0.15) is 18.2 Å². The third kappa shape index (κ3) is 5.94. The first-order valence-corrected chi connectivity index (χ1v) is 6.37. The zero-order valence-corrected chi connectivity index (χ0v) is 12.1. The Morgan fingerprint density at radius 2 is 1.77 bits per heavy atom. The van der Waals surface area contributed by atoms with Gasteiger partial charge in [0.2, 0.25) is 5.91 Å². The lowest BCUT2D eigenvalue weighted by atomic mass is 10.2. The first kappa shape index (κ1) is 17.7. The summed E-state index contributed by atoms with van der Waals surface area (Å²) >= 11 is 0. The van der Waals surface area contributed by atoms with Gasteiger partial charge in [-0.15, -0.1) is 0 Å². The van der Waals surface area contributed by atoms with E-state index in [0.717, 1.165) is 10.5 Å². The maximum Gasteiger partial charge on any atom is 0.430 e. The maximum atomic E-state index is 12.8. The summed E-state index contributed by atoms with van der Waals surface area (Å²) in [6.45, 7) is 0.0515. The number of hydrogen-bond donors (Lipinski definition) is 1. The van der Waals surface area contributed by atoms with Gasteiger partial charge in [0.1, 0.15) is 5.71 Å². The molecule has 0 saturated heterocycles. The standard InChI is InChI=1S/C14H16F3N3O2/c1-20(2)12(21)8-11(14(15,16)17)19-13(22)18-9-10-6-4-3-5-7-10/h3-7H,8-9H2,1-2H3,(H,18,22). The topological polar surface area (TPSA) is 61.8 Å². The molecule has 0 aromatic heterocycles. The quantitative estimate of drug-likeness (QED) is 0.867. The van der Waals surface area contributed by atoms with Crippen molar-refractivity contribution >= 4 is 17.6 Å². The number of halogens is 3. The Balaban J connectivity index is 2.74. The second-order valence-corrected chi connectivity index (χ2v) is 4.67. The zero-order valence-electron chi connectivity index (χ0n) is 12.1. The van der Waals surface area contributed by atoms with Crippen LogP contribution in [0, 0.1) is 0 Å². The Kier molecular flexibility index (Phi) is 6.09. The summed E-state index contributed by atoms with van der Waals surface area (Å²) in [5, 5.41) is 2.25. The fourth-order valence-electron chi connectivity index (χ4n) is 1.44. The van der Waals surface area contributed by atoms with E-state index in [-0.39, 0.29) is 6.54 Å². The van der Waals surface area contributed by atoms with E-state index in [9.17, 15) is 22.8 Å². The van der Waals surface area contributed by atoms with Crippen LogP contribution in [-0.4, -0.2) is 42.8 Å². The molecule has 0 aliphatic rings. The van der Waals surface area contributed by atoms with Crippen LogP contribution in [0.4, 0.5) is 18.0 Å². The summed E-state index contributed by atoms with van der Waals surface area (Å²) in [6, 6.07) is 7.54. The average Bonchev–Trinajstić information content (AvgIpc) is 2.44. The van der Waals surface area contributed by atoms with Gasteiger partial charge in [-0.3, -0.25) is 4.79 Å². The molecular formula is C14H16F3N3O2. The summed E-state index contributed by atoms with van der Waals surface area (Å²) in [5.74, 6) is -0.785. The van der Waals surface area contributed by atoms with Crippen LogP contribution < -0.4 is 5.32 Å². The molecule has 0 saturated carbocycles. The number of carbonyl (C=O) groups excluding carboxylic acids is 2.